The third-order valence-corrected chi connectivity index (χ3v) is 4.53. The predicted molar refractivity (Wildman–Crippen MR) is 72.6 cm³/mol. The Morgan fingerprint density at radius 1 is 1.31 bits per heavy atom. The molecule has 0 bridgehead atoms. The van der Waals surface area contributed by atoms with E-state index in [4.69, 9.17) is 0 Å². The summed E-state index contributed by atoms with van der Waals surface area (Å²) in [5.74, 6) is 0. The van der Waals surface area contributed by atoms with Crippen LogP contribution >= 0.6 is 56.5 Å². The number of benzene rings is 1. The summed E-state index contributed by atoms with van der Waals surface area (Å²) in [4.78, 5) is 10.8. The Morgan fingerprint density at radius 3 is 2.77 bits per heavy atom. The van der Waals surface area contributed by atoms with E-state index >= 15 is 0 Å². The van der Waals surface area contributed by atoms with Gasteiger partial charge in [0.05, 0.1) is 0 Å². The van der Waals surface area contributed by atoms with Crippen molar-refractivity contribution in [3.05, 3.63) is 30.2 Å². The van der Waals surface area contributed by atoms with Gasteiger partial charge in [-0.15, -0.1) is 11.3 Å². The third kappa shape index (κ3) is 1.63. The average Bonchev–Trinajstić information content (AvgIpc) is 2.53. The Labute approximate surface area is 107 Å². The van der Waals surface area contributed by atoms with Gasteiger partial charge in [0.25, 0.3) is 0 Å². The number of fused-ring (bicyclic) bond motifs is 1. The van der Waals surface area contributed by atoms with Crippen molar-refractivity contribution in [3.8, 4) is 0 Å². The van der Waals surface area contributed by atoms with Gasteiger partial charge >= 0.3 is 0 Å². The quantitative estimate of drug-likeness (QED) is 0.511. The molecule has 0 amide bonds. The number of rotatable bonds is 1. The van der Waals surface area contributed by atoms with Crippen LogP contribution in [0.4, 0.5) is 0 Å². The Bertz CT molecular complexity index is 476. The topological polar surface area (TPSA) is 17.1 Å². The van der Waals surface area contributed by atoms with E-state index in [0.29, 0.717) is 0 Å². The first kappa shape index (κ1) is 9.85. The highest BCUT2D eigenvalue weighted by atomic mass is 127. The van der Waals surface area contributed by atoms with Gasteiger partial charge in [0.2, 0.25) is 0 Å². The molecule has 4 heteroatoms. The molecule has 0 unspecified atom stereocenters. The van der Waals surface area contributed by atoms with Crippen LogP contribution in [0.1, 0.15) is 10.4 Å². The monoisotopic (exact) mass is 414 g/mol. The van der Waals surface area contributed by atoms with E-state index in [1.54, 1.807) is 11.3 Å². The molecule has 13 heavy (non-hydrogen) atoms. The lowest BCUT2D eigenvalue weighted by Crippen LogP contribution is -1.87. The molecular formula is C9H4I2OS. The highest BCUT2D eigenvalue weighted by Gasteiger charge is 2.09. The van der Waals surface area contributed by atoms with Crippen molar-refractivity contribution in [1.29, 1.82) is 0 Å². The van der Waals surface area contributed by atoms with Crippen molar-refractivity contribution in [3.63, 3.8) is 0 Å². The summed E-state index contributed by atoms with van der Waals surface area (Å²) in [6.07, 6.45) is 0.941. The van der Waals surface area contributed by atoms with Gasteiger partial charge in [-0.25, -0.2) is 0 Å². The number of aldehydes is 1. The molecule has 0 radical (unpaired) electrons. The first-order valence-corrected chi connectivity index (χ1v) is 6.58. The maximum Gasteiger partial charge on any atom is 0.152 e. The summed E-state index contributed by atoms with van der Waals surface area (Å²) in [7, 11) is 0. The molecule has 0 aliphatic carbocycles. The number of hydrogen-bond donors (Lipinski definition) is 0. The minimum Gasteiger partial charge on any atom is -0.298 e. The first-order chi connectivity index (χ1) is 6.24. The van der Waals surface area contributed by atoms with Crippen LogP contribution < -0.4 is 0 Å². The number of hydrogen-bond acceptors (Lipinski definition) is 2. The van der Waals surface area contributed by atoms with E-state index in [1.807, 2.05) is 11.4 Å². The third-order valence-electron chi connectivity index (χ3n) is 1.80. The van der Waals surface area contributed by atoms with E-state index in [2.05, 4.69) is 51.2 Å². The van der Waals surface area contributed by atoms with Crippen LogP contribution in [-0.2, 0) is 0 Å². The minimum atomic E-state index is 0.825. The fraction of sp³-hybridized carbons (Fsp3) is 0. The van der Waals surface area contributed by atoms with Gasteiger partial charge in [-0.2, -0.15) is 0 Å². The van der Waals surface area contributed by atoms with Gasteiger partial charge in [-0.1, -0.05) is 0 Å². The van der Waals surface area contributed by atoms with Gasteiger partial charge in [0, 0.05) is 22.8 Å². The average molecular weight is 414 g/mol. The Hall–Kier alpha value is 0.310. The molecule has 0 fully saturated rings. The van der Waals surface area contributed by atoms with Crippen molar-refractivity contribution >= 4 is 72.9 Å². The highest BCUT2D eigenvalue weighted by molar-refractivity contribution is 14.1. The van der Waals surface area contributed by atoms with Crippen molar-refractivity contribution < 1.29 is 4.79 Å². The molecule has 0 saturated heterocycles. The van der Waals surface area contributed by atoms with Gasteiger partial charge in [0.1, 0.15) is 0 Å². The fourth-order valence-electron chi connectivity index (χ4n) is 1.19. The van der Waals surface area contributed by atoms with Crippen molar-refractivity contribution in [2.75, 3.05) is 0 Å². The van der Waals surface area contributed by atoms with Crippen LogP contribution in [0.5, 0.6) is 0 Å². The summed E-state index contributed by atoms with van der Waals surface area (Å²) >= 11 is 6.13. The van der Waals surface area contributed by atoms with Crippen LogP contribution in [0.2, 0.25) is 0 Å². The lowest BCUT2D eigenvalue weighted by atomic mass is 10.2. The number of thiophene rings is 1. The summed E-state index contributed by atoms with van der Waals surface area (Å²) in [5, 5.41) is 3.21. The second kappa shape index (κ2) is 3.82. The molecule has 0 aliphatic heterocycles. The zero-order valence-electron chi connectivity index (χ0n) is 6.38. The summed E-state index contributed by atoms with van der Waals surface area (Å²) in [5.41, 5.74) is 0.825. The molecule has 1 heterocycles. The zero-order chi connectivity index (χ0) is 9.42. The number of halogens is 2. The summed E-state index contributed by atoms with van der Waals surface area (Å²) in [6.45, 7) is 0. The van der Waals surface area contributed by atoms with Crippen molar-refractivity contribution in [1.82, 2.24) is 0 Å². The number of carbonyl (C=O) groups is 1. The maximum absolute atomic E-state index is 10.8. The molecule has 0 saturated carbocycles. The second-order valence-electron chi connectivity index (χ2n) is 2.54. The Morgan fingerprint density at radius 2 is 2.08 bits per heavy atom. The summed E-state index contributed by atoms with van der Waals surface area (Å²) < 4.78 is 3.35. The molecule has 2 aromatic rings. The molecule has 0 atom stereocenters. The molecule has 1 aromatic heterocycles. The van der Waals surface area contributed by atoms with Crippen LogP contribution in [0.25, 0.3) is 10.1 Å². The maximum atomic E-state index is 10.8. The van der Waals surface area contributed by atoms with E-state index in [0.717, 1.165) is 20.1 Å². The number of carbonyl (C=O) groups excluding carboxylic acids is 1. The van der Waals surface area contributed by atoms with Gasteiger partial charge in [0.15, 0.2) is 6.29 Å². The smallest absolute Gasteiger partial charge is 0.152 e. The standard InChI is InChI=1S/C9H4I2OS/c10-7-3-8(11)6(4-12)9-5(7)1-2-13-9/h1-4H. The van der Waals surface area contributed by atoms with Gasteiger partial charge < -0.3 is 0 Å². The largest absolute Gasteiger partial charge is 0.298 e. The predicted octanol–water partition coefficient (Wildman–Crippen LogP) is 3.92. The molecule has 0 N–H and O–H groups in total. The summed E-state index contributed by atoms with van der Waals surface area (Å²) in [6, 6.07) is 4.10. The van der Waals surface area contributed by atoms with Gasteiger partial charge in [-0.3, -0.25) is 4.79 Å². The van der Waals surface area contributed by atoms with E-state index in [-0.39, 0.29) is 0 Å². The fourth-order valence-corrected chi connectivity index (χ4v) is 4.55. The molecule has 0 spiro atoms. The van der Waals surface area contributed by atoms with E-state index in [9.17, 15) is 4.79 Å². The second-order valence-corrected chi connectivity index (χ2v) is 5.78. The Kier molecular flexibility index (Phi) is 2.89. The lowest BCUT2D eigenvalue weighted by molar-refractivity contribution is 0.112. The van der Waals surface area contributed by atoms with Gasteiger partial charge in [-0.05, 0) is 62.7 Å². The van der Waals surface area contributed by atoms with Crippen LogP contribution in [0, 0.1) is 7.14 Å². The van der Waals surface area contributed by atoms with Crippen LogP contribution in [0.15, 0.2) is 17.5 Å². The van der Waals surface area contributed by atoms with Crippen molar-refractivity contribution in [2.45, 2.75) is 0 Å². The molecule has 1 aromatic carbocycles. The van der Waals surface area contributed by atoms with Crippen LogP contribution in [0.3, 0.4) is 0 Å². The molecule has 2 rings (SSSR count). The highest BCUT2D eigenvalue weighted by Crippen LogP contribution is 2.31. The molecule has 66 valence electrons. The lowest BCUT2D eigenvalue weighted by Gasteiger charge is -2.00. The Balaban J connectivity index is 2.96. The van der Waals surface area contributed by atoms with Crippen molar-refractivity contribution in [2.24, 2.45) is 0 Å². The normalized spacial score (nSPS) is 10.6. The van der Waals surface area contributed by atoms with E-state index < -0.39 is 0 Å². The zero-order valence-corrected chi connectivity index (χ0v) is 11.5. The molecule has 0 aliphatic rings. The molecular weight excluding hydrogens is 410 g/mol. The molecule has 1 nitrogen and oxygen atoms in total. The minimum absolute atomic E-state index is 0.825. The first-order valence-electron chi connectivity index (χ1n) is 3.54. The van der Waals surface area contributed by atoms with E-state index in [1.165, 1.54) is 8.96 Å². The van der Waals surface area contributed by atoms with Crippen LogP contribution in [-0.4, -0.2) is 6.29 Å². The SMILES string of the molecule is O=Cc1c(I)cc(I)c2ccsc12.